The lowest BCUT2D eigenvalue weighted by molar-refractivity contribution is 0.572. The van der Waals surface area contributed by atoms with Crippen LogP contribution in [0.3, 0.4) is 0 Å². The molecule has 0 amide bonds. The Morgan fingerprint density at radius 3 is 2.60 bits per heavy atom. The summed E-state index contributed by atoms with van der Waals surface area (Å²) in [7, 11) is 0. The average Bonchev–Trinajstić information content (AvgIpc) is 2.14. The summed E-state index contributed by atoms with van der Waals surface area (Å²) >= 11 is 0. The molecule has 0 saturated carbocycles. The van der Waals surface area contributed by atoms with Crippen molar-refractivity contribution in [3.63, 3.8) is 0 Å². The third-order valence-corrected chi connectivity index (χ3v) is 2.05. The Labute approximate surface area is 92.3 Å². The molecular weight excluding hydrogens is 186 g/mol. The predicted octanol–water partition coefficient (Wildman–Crippen LogP) is 2.17. The van der Waals surface area contributed by atoms with Crippen LogP contribution in [-0.2, 0) is 13.0 Å². The van der Waals surface area contributed by atoms with E-state index in [2.05, 4.69) is 43.0 Å². The molecule has 1 aromatic rings. The second kappa shape index (κ2) is 5.81. The number of aromatic nitrogens is 2. The SMILES string of the molecule is CC(C)Cc1nccc(CNC(C)C)n1. The van der Waals surface area contributed by atoms with Gasteiger partial charge in [0.15, 0.2) is 0 Å². The quantitative estimate of drug-likeness (QED) is 0.804. The summed E-state index contributed by atoms with van der Waals surface area (Å²) in [5.74, 6) is 1.56. The first-order valence-corrected chi connectivity index (χ1v) is 5.62. The van der Waals surface area contributed by atoms with Crippen LogP contribution in [0.4, 0.5) is 0 Å². The van der Waals surface area contributed by atoms with Crippen molar-refractivity contribution in [3.05, 3.63) is 23.8 Å². The van der Waals surface area contributed by atoms with E-state index in [-0.39, 0.29) is 0 Å². The molecule has 0 atom stereocenters. The zero-order valence-corrected chi connectivity index (χ0v) is 10.1. The van der Waals surface area contributed by atoms with Gasteiger partial charge in [-0.3, -0.25) is 0 Å². The summed E-state index contributed by atoms with van der Waals surface area (Å²) in [6.45, 7) is 9.46. The van der Waals surface area contributed by atoms with E-state index in [1.807, 2.05) is 12.3 Å². The highest BCUT2D eigenvalue weighted by molar-refractivity contribution is 5.02. The molecule has 15 heavy (non-hydrogen) atoms. The molecule has 0 spiro atoms. The highest BCUT2D eigenvalue weighted by Gasteiger charge is 2.02. The van der Waals surface area contributed by atoms with Crippen molar-refractivity contribution in [1.29, 1.82) is 0 Å². The number of hydrogen-bond acceptors (Lipinski definition) is 3. The average molecular weight is 207 g/mol. The maximum absolute atomic E-state index is 4.51. The summed E-state index contributed by atoms with van der Waals surface area (Å²) in [5.41, 5.74) is 1.08. The zero-order chi connectivity index (χ0) is 11.3. The van der Waals surface area contributed by atoms with E-state index in [0.717, 1.165) is 24.5 Å². The van der Waals surface area contributed by atoms with Crippen molar-refractivity contribution < 1.29 is 0 Å². The van der Waals surface area contributed by atoms with Crippen LogP contribution < -0.4 is 5.32 Å². The number of nitrogens with zero attached hydrogens (tertiary/aromatic N) is 2. The molecule has 0 aliphatic rings. The van der Waals surface area contributed by atoms with Gasteiger partial charge in [-0.15, -0.1) is 0 Å². The largest absolute Gasteiger partial charge is 0.309 e. The van der Waals surface area contributed by atoms with Crippen LogP contribution in [0, 0.1) is 5.92 Å². The Kier molecular flexibility index (Phi) is 4.69. The van der Waals surface area contributed by atoms with Crippen molar-refractivity contribution >= 4 is 0 Å². The minimum Gasteiger partial charge on any atom is -0.309 e. The fourth-order valence-electron chi connectivity index (χ4n) is 1.31. The van der Waals surface area contributed by atoms with Crippen molar-refractivity contribution in [2.75, 3.05) is 0 Å². The topological polar surface area (TPSA) is 37.8 Å². The van der Waals surface area contributed by atoms with Crippen LogP contribution in [0.15, 0.2) is 12.3 Å². The van der Waals surface area contributed by atoms with Gasteiger partial charge < -0.3 is 5.32 Å². The fourth-order valence-corrected chi connectivity index (χ4v) is 1.31. The van der Waals surface area contributed by atoms with Crippen LogP contribution in [0.2, 0.25) is 0 Å². The van der Waals surface area contributed by atoms with E-state index in [9.17, 15) is 0 Å². The molecule has 0 radical (unpaired) electrons. The van der Waals surface area contributed by atoms with E-state index >= 15 is 0 Å². The number of nitrogens with one attached hydrogen (secondary N) is 1. The van der Waals surface area contributed by atoms with E-state index < -0.39 is 0 Å². The molecule has 0 bridgehead atoms. The Morgan fingerprint density at radius 1 is 1.27 bits per heavy atom. The summed E-state index contributed by atoms with van der Waals surface area (Å²) < 4.78 is 0. The smallest absolute Gasteiger partial charge is 0.128 e. The van der Waals surface area contributed by atoms with Gasteiger partial charge in [-0.05, 0) is 12.0 Å². The lowest BCUT2D eigenvalue weighted by atomic mass is 10.1. The van der Waals surface area contributed by atoms with Crippen LogP contribution in [0.1, 0.15) is 39.2 Å². The van der Waals surface area contributed by atoms with Crippen LogP contribution in [0.5, 0.6) is 0 Å². The molecule has 0 unspecified atom stereocenters. The van der Waals surface area contributed by atoms with E-state index in [4.69, 9.17) is 0 Å². The highest BCUT2D eigenvalue weighted by Crippen LogP contribution is 2.03. The fraction of sp³-hybridized carbons (Fsp3) is 0.667. The number of rotatable bonds is 5. The second-order valence-corrected chi connectivity index (χ2v) is 4.60. The molecule has 0 aliphatic heterocycles. The van der Waals surface area contributed by atoms with Gasteiger partial charge in [-0.25, -0.2) is 9.97 Å². The molecule has 0 aromatic carbocycles. The van der Waals surface area contributed by atoms with Gasteiger partial charge in [0, 0.05) is 25.2 Å². The zero-order valence-electron chi connectivity index (χ0n) is 10.1. The Balaban J connectivity index is 2.57. The van der Waals surface area contributed by atoms with E-state index in [1.54, 1.807) is 0 Å². The Morgan fingerprint density at radius 2 is 2.00 bits per heavy atom. The van der Waals surface area contributed by atoms with Crippen LogP contribution in [0.25, 0.3) is 0 Å². The summed E-state index contributed by atoms with van der Waals surface area (Å²) in [4.78, 5) is 8.78. The summed E-state index contributed by atoms with van der Waals surface area (Å²) in [6, 6.07) is 2.47. The standard InChI is InChI=1S/C12H21N3/c1-9(2)7-12-13-6-5-11(15-12)8-14-10(3)4/h5-6,9-10,14H,7-8H2,1-4H3. The molecule has 1 rings (SSSR count). The second-order valence-electron chi connectivity index (χ2n) is 4.60. The van der Waals surface area contributed by atoms with Gasteiger partial charge in [0.1, 0.15) is 5.82 Å². The first-order valence-electron chi connectivity index (χ1n) is 5.62. The van der Waals surface area contributed by atoms with Gasteiger partial charge in [0.05, 0.1) is 5.69 Å². The molecule has 1 aromatic heterocycles. The third-order valence-electron chi connectivity index (χ3n) is 2.05. The van der Waals surface area contributed by atoms with Gasteiger partial charge in [0.2, 0.25) is 0 Å². The Bertz CT molecular complexity index is 295. The maximum atomic E-state index is 4.51. The minimum absolute atomic E-state index is 0.494. The van der Waals surface area contributed by atoms with Gasteiger partial charge in [-0.2, -0.15) is 0 Å². The number of hydrogen-bond donors (Lipinski definition) is 1. The maximum Gasteiger partial charge on any atom is 0.128 e. The predicted molar refractivity (Wildman–Crippen MR) is 62.5 cm³/mol. The van der Waals surface area contributed by atoms with Gasteiger partial charge in [0.25, 0.3) is 0 Å². The minimum atomic E-state index is 0.494. The molecule has 0 fully saturated rings. The lowest BCUT2D eigenvalue weighted by Crippen LogP contribution is -2.22. The molecule has 84 valence electrons. The van der Waals surface area contributed by atoms with E-state index in [0.29, 0.717) is 12.0 Å². The monoisotopic (exact) mass is 207 g/mol. The summed E-state index contributed by atoms with van der Waals surface area (Å²) in [6.07, 6.45) is 2.80. The van der Waals surface area contributed by atoms with Crippen molar-refractivity contribution in [2.24, 2.45) is 5.92 Å². The van der Waals surface area contributed by atoms with Crippen LogP contribution >= 0.6 is 0 Å². The van der Waals surface area contributed by atoms with Gasteiger partial charge >= 0.3 is 0 Å². The molecule has 3 heteroatoms. The normalized spacial score (nSPS) is 11.3. The molecule has 0 aliphatic carbocycles. The summed E-state index contributed by atoms with van der Waals surface area (Å²) in [5, 5.41) is 3.35. The first-order chi connectivity index (χ1) is 7.08. The van der Waals surface area contributed by atoms with Crippen molar-refractivity contribution in [2.45, 2.75) is 46.7 Å². The Hall–Kier alpha value is -0.960. The third kappa shape index (κ3) is 4.88. The molecule has 1 N–H and O–H groups in total. The van der Waals surface area contributed by atoms with E-state index in [1.165, 1.54) is 0 Å². The highest BCUT2D eigenvalue weighted by atomic mass is 14.9. The molecular formula is C12H21N3. The van der Waals surface area contributed by atoms with Crippen molar-refractivity contribution in [3.8, 4) is 0 Å². The first kappa shape index (κ1) is 12.1. The van der Waals surface area contributed by atoms with Crippen molar-refractivity contribution in [1.82, 2.24) is 15.3 Å². The van der Waals surface area contributed by atoms with Crippen LogP contribution in [-0.4, -0.2) is 16.0 Å². The molecule has 3 nitrogen and oxygen atoms in total. The van der Waals surface area contributed by atoms with Gasteiger partial charge in [-0.1, -0.05) is 27.7 Å². The lowest BCUT2D eigenvalue weighted by Gasteiger charge is -2.09. The molecule has 0 saturated heterocycles. The molecule has 1 heterocycles.